The Morgan fingerprint density at radius 3 is 2.72 bits per heavy atom. The van der Waals surface area contributed by atoms with Crippen LogP contribution in [0.3, 0.4) is 0 Å². The highest BCUT2D eigenvalue weighted by molar-refractivity contribution is 5.77. The molecule has 3 aliphatic heterocycles. The third kappa shape index (κ3) is 4.82. The molecule has 1 N–H and O–H groups in total. The molecule has 2 fully saturated rings. The quantitative estimate of drug-likeness (QED) is 0.677. The van der Waals surface area contributed by atoms with Crippen LogP contribution < -0.4 is 19.9 Å². The Morgan fingerprint density at radius 1 is 1.06 bits per heavy atom. The second-order valence-corrected chi connectivity index (χ2v) is 10.2. The molecule has 3 heterocycles. The summed E-state index contributed by atoms with van der Waals surface area (Å²) in [5, 5.41) is 12.7. The third-order valence-electron chi connectivity index (χ3n) is 7.76. The summed E-state index contributed by atoms with van der Waals surface area (Å²) in [5.41, 5.74) is 4.35. The smallest absolute Gasteiger partial charge is 0.134 e. The normalized spacial score (nSPS) is 21.6. The Labute approximate surface area is 213 Å². The van der Waals surface area contributed by atoms with Gasteiger partial charge in [-0.15, -0.1) is 0 Å². The molecular weight excluding hydrogens is 450 g/mol. The molecule has 2 aromatic rings. The van der Waals surface area contributed by atoms with Crippen LogP contribution in [-0.4, -0.2) is 49.5 Å². The molecule has 0 bridgehead atoms. The molecule has 2 aromatic carbocycles. The number of likely N-dealkylation sites (tertiary alicyclic amines) is 1. The minimum Gasteiger partial charge on any atom is -0.507 e. The van der Waals surface area contributed by atoms with Gasteiger partial charge in [0.15, 0.2) is 0 Å². The van der Waals surface area contributed by atoms with E-state index in [0.29, 0.717) is 19.0 Å². The van der Waals surface area contributed by atoms with Crippen LogP contribution >= 0.6 is 0 Å². The van der Waals surface area contributed by atoms with Crippen LogP contribution in [0.15, 0.2) is 48.1 Å². The monoisotopic (exact) mass is 485 g/mol. The van der Waals surface area contributed by atoms with E-state index in [1.165, 1.54) is 44.3 Å². The highest BCUT2D eigenvalue weighted by atomic mass is 16.5. The number of allylic oxidation sites excluding steroid dienone is 2. The van der Waals surface area contributed by atoms with Crippen molar-refractivity contribution in [2.45, 2.75) is 44.6 Å². The van der Waals surface area contributed by atoms with Gasteiger partial charge in [0.25, 0.3) is 0 Å². The van der Waals surface area contributed by atoms with Gasteiger partial charge in [0.1, 0.15) is 23.9 Å². The van der Waals surface area contributed by atoms with Gasteiger partial charge in [-0.3, -0.25) is 4.90 Å². The zero-order chi connectivity index (χ0) is 24.3. The van der Waals surface area contributed by atoms with Gasteiger partial charge in [-0.25, -0.2) is 0 Å². The largest absolute Gasteiger partial charge is 0.507 e. The Hall–Kier alpha value is -3.02. The number of hydrogen-bond donors (Lipinski definition) is 1. The summed E-state index contributed by atoms with van der Waals surface area (Å²) in [6.07, 6.45) is 15.3. The number of phenols is 1. The maximum absolute atomic E-state index is 10.9. The number of ether oxygens (including phenoxy) is 3. The lowest BCUT2D eigenvalue weighted by atomic mass is 9.91. The van der Waals surface area contributed by atoms with Crippen LogP contribution in [0.5, 0.6) is 17.2 Å². The van der Waals surface area contributed by atoms with Gasteiger partial charge >= 0.3 is 0 Å². The number of aromatic hydroxyl groups is 1. The van der Waals surface area contributed by atoms with E-state index in [1.54, 1.807) is 0 Å². The molecule has 6 rings (SSSR count). The van der Waals surface area contributed by atoms with Gasteiger partial charge in [-0.2, -0.15) is 0 Å². The zero-order valence-electron chi connectivity index (χ0n) is 20.9. The third-order valence-corrected chi connectivity index (χ3v) is 7.76. The number of hydrogen-bond acceptors (Lipinski definition) is 5. The van der Waals surface area contributed by atoms with Gasteiger partial charge in [-0.05, 0) is 60.8 Å². The Bertz CT molecular complexity index is 1280. The van der Waals surface area contributed by atoms with Gasteiger partial charge in [0, 0.05) is 35.4 Å². The van der Waals surface area contributed by atoms with Crippen molar-refractivity contribution in [3.8, 4) is 17.2 Å². The van der Waals surface area contributed by atoms with Crippen molar-refractivity contribution in [1.82, 2.24) is 4.90 Å². The Morgan fingerprint density at radius 2 is 1.89 bits per heavy atom. The van der Waals surface area contributed by atoms with E-state index in [-0.39, 0.29) is 6.10 Å². The molecule has 1 atom stereocenters. The standard InChI is InChI=1S/C31H35NO4/c33-28-19-24-8-6-17-35-31(24)26-9-5-7-23-20-29(36-21-27(23)30(26)28)22-10-12-25(13-11-22)34-18-16-32-14-3-1-2-4-15-32/h5,7-13,19,29,33H,1-4,6,14-18,20-21H2. The van der Waals surface area contributed by atoms with Gasteiger partial charge in [0.2, 0.25) is 0 Å². The molecule has 2 saturated heterocycles. The summed E-state index contributed by atoms with van der Waals surface area (Å²) in [7, 11) is 0. The molecule has 0 saturated carbocycles. The minimum atomic E-state index is -0.0227. The fourth-order valence-corrected chi connectivity index (χ4v) is 5.82. The number of phenolic OH excluding ortho intramolecular Hbond substituents is 1. The molecule has 5 nitrogen and oxygen atoms in total. The highest BCUT2D eigenvalue weighted by Gasteiger charge is 2.26. The molecule has 188 valence electrons. The number of benzene rings is 2. The van der Waals surface area contributed by atoms with Crippen molar-refractivity contribution in [2.24, 2.45) is 0 Å². The van der Waals surface area contributed by atoms with E-state index < -0.39 is 0 Å². The van der Waals surface area contributed by atoms with E-state index >= 15 is 0 Å². The lowest BCUT2D eigenvalue weighted by Crippen LogP contribution is -2.29. The molecule has 1 aliphatic carbocycles. The summed E-state index contributed by atoms with van der Waals surface area (Å²) in [6, 6.07) is 10.2. The van der Waals surface area contributed by atoms with Crippen molar-refractivity contribution in [3.05, 3.63) is 69.6 Å². The van der Waals surface area contributed by atoms with Crippen molar-refractivity contribution in [1.29, 1.82) is 0 Å². The van der Waals surface area contributed by atoms with E-state index in [2.05, 4.69) is 53.5 Å². The first-order chi connectivity index (χ1) is 17.8. The van der Waals surface area contributed by atoms with E-state index in [4.69, 9.17) is 14.2 Å². The van der Waals surface area contributed by atoms with Gasteiger partial charge in [0.05, 0.1) is 19.3 Å². The minimum absolute atomic E-state index is 0.0227. The summed E-state index contributed by atoms with van der Waals surface area (Å²) in [5.74, 6) is 2.07. The van der Waals surface area contributed by atoms with Crippen LogP contribution in [0.25, 0.3) is 17.7 Å². The van der Waals surface area contributed by atoms with Crippen LogP contribution in [-0.2, 0) is 4.74 Å². The average Bonchev–Trinajstić information content (AvgIpc) is 3.28. The molecule has 1 unspecified atom stereocenters. The molecule has 0 aromatic heterocycles. The maximum Gasteiger partial charge on any atom is 0.134 e. The van der Waals surface area contributed by atoms with Crippen LogP contribution in [0.2, 0.25) is 0 Å². The lowest BCUT2D eigenvalue weighted by molar-refractivity contribution is 0.0673. The van der Waals surface area contributed by atoms with Gasteiger partial charge < -0.3 is 19.3 Å². The predicted octanol–water partition coefficient (Wildman–Crippen LogP) is 4.48. The maximum atomic E-state index is 10.9. The zero-order valence-corrected chi connectivity index (χ0v) is 20.9. The number of rotatable bonds is 5. The van der Waals surface area contributed by atoms with Crippen molar-refractivity contribution in [2.75, 3.05) is 39.5 Å². The first-order valence-electron chi connectivity index (χ1n) is 13.4. The van der Waals surface area contributed by atoms with Crippen LogP contribution in [0.4, 0.5) is 0 Å². The van der Waals surface area contributed by atoms with Crippen LogP contribution in [0, 0.1) is 0 Å². The first-order valence-corrected chi connectivity index (χ1v) is 13.4. The molecule has 36 heavy (non-hydrogen) atoms. The predicted molar refractivity (Wildman–Crippen MR) is 143 cm³/mol. The topological polar surface area (TPSA) is 51.2 Å². The summed E-state index contributed by atoms with van der Waals surface area (Å²) in [4.78, 5) is 2.52. The summed E-state index contributed by atoms with van der Waals surface area (Å²) >= 11 is 0. The van der Waals surface area contributed by atoms with Crippen molar-refractivity contribution < 1.29 is 19.3 Å². The first kappa shape index (κ1) is 23.4. The van der Waals surface area contributed by atoms with Gasteiger partial charge in [-0.1, -0.05) is 49.3 Å². The van der Waals surface area contributed by atoms with E-state index in [1.807, 2.05) is 6.07 Å². The highest BCUT2D eigenvalue weighted by Crippen LogP contribution is 2.37. The number of nitrogens with zero attached hydrogens (tertiary/aromatic N) is 1. The summed E-state index contributed by atoms with van der Waals surface area (Å²) in [6.45, 7) is 5.24. The van der Waals surface area contributed by atoms with Crippen molar-refractivity contribution in [3.63, 3.8) is 0 Å². The second kappa shape index (κ2) is 10.5. The van der Waals surface area contributed by atoms with Crippen LogP contribution in [0.1, 0.15) is 55.8 Å². The fourth-order valence-electron chi connectivity index (χ4n) is 5.82. The molecule has 0 radical (unpaired) electrons. The Balaban J connectivity index is 1.15. The number of fused-ring (bicyclic) bond motifs is 4. The molecule has 0 spiro atoms. The summed E-state index contributed by atoms with van der Waals surface area (Å²) < 4.78 is 18.4. The molecular formula is C31H35NO4. The molecule has 4 aliphatic rings. The average molecular weight is 486 g/mol. The molecule has 0 amide bonds. The van der Waals surface area contributed by atoms with Crippen molar-refractivity contribution >= 4 is 17.7 Å². The fraction of sp³-hybridized carbons (Fsp3) is 0.419. The SMILES string of the molecule is Oc1cc2c(c3c1=C1COC(c4ccc(OCCN5CCCCCC5)cc4)CC1=CC=C3)OCCC=2. The second-order valence-electron chi connectivity index (χ2n) is 10.2. The Kier molecular flexibility index (Phi) is 6.84. The van der Waals surface area contributed by atoms with E-state index in [0.717, 1.165) is 64.6 Å². The lowest BCUT2D eigenvalue weighted by Gasteiger charge is -2.28. The van der Waals surface area contributed by atoms with E-state index in [9.17, 15) is 5.11 Å². The molecule has 5 heteroatoms.